The van der Waals surface area contributed by atoms with Gasteiger partial charge in [0.1, 0.15) is 13.2 Å². The molecule has 13 heteroatoms. The molecule has 0 atom stereocenters. The Bertz CT molecular complexity index is 835. The lowest BCUT2D eigenvalue weighted by atomic mass is 10.3. The summed E-state index contributed by atoms with van der Waals surface area (Å²) >= 11 is 0. The van der Waals surface area contributed by atoms with Crippen molar-refractivity contribution in [2.45, 2.75) is 0 Å². The molecule has 0 aliphatic heterocycles. The molecule has 11 nitrogen and oxygen atoms in total. The van der Waals surface area contributed by atoms with E-state index in [1.165, 1.54) is 12.1 Å². The van der Waals surface area contributed by atoms with Gasteiger partial charge in [-0.3, -0.25) is 9.13 Å². The van der Waals surface area contributed by atoms with Gasteiger partial charge >= 0.3 is 15.2 Å². The minimum Gasteiger partial charge on any atom is -0.487 e. The molecule has 0 bridgehead atoms. The van der Waals surface area contributed by atoms with Crippen LogP contribution in [-0.4, -0.2) is 58.7 Å². The van der Waals surface area contributed by atoms with E-state index < -0.39 is 27.9 Å². The van der Waals surface area contributed by atoms with E-state index in [9.17, 15) is 9.13 Å². The zero-order valence-corrected chi connectivity index (χ0v) is 18.2. The van der Waals surface area contributed by atoms with Gasteiger partial charge in [0.25, 0.3) is 0 Å². The standard InChI is InChI=1S/C18H24O11P2/c19-30(20,21)13-28-17-7-3-1-5-15(17)26-11-9-25-10-12-27-16-6-2-4-8-18(16)29-14-31(22,23)24/h1-8H,9-14H2,(H2,19,20,21)(H2,22,23,24). The van der Waals surface area contributed by atoms with Crippen LogP contribution in [-0.2, 0) is 13.9 Å². The van der Waals surface area contributed by atoms with Gasteiger partial charge in [-0.25, -0.2) is 0 Å². The SMILES string of the molecule is O=P(O)(O)COc1ccccc1OCCOCCOc1ccccc1OCP(=O)(O)O. The summed E-state index contributed by atoms with van der Waals surface area (Å²) in [5, 5.41) is 0. The summed E-state index contributed by atoms with van der Waals surface area (Å²) in [6.07, 6.45) is -1.50. The van der Waals surface area contributed by atoms with Crippen molar-refractivity contribution in [3.05, 3.63) is 48.5 Å². The van der Waals surface area contributed by atoms with E-state index >= 15 is 0 Å². The molecular formula is C18H24O11P2. The van der Waals surface area contributed by atoms with Crippen molar-refractivity contribution < 1.29 is 52.4 Å². The maximum absolute atomic E-state index is 10.9. The van der Waals surface area contributed by atoms with E-state index in [4.69, 9.17) is 43.3 Å². The topological polar surface area (TPSA) is 161 Å². The molecule has 172 valence electrons. The fourth-order valence-corrected chi connectivity index (χ4v) is 2.82. The molecule has 0 aliphatic rings. The number of hydrogen-bond donors (Lipinski definition) is 4. The highest BCUT2D eigenvalue weighted by atomic mass is 31.2. The van der Waals surface area contributed by atoms with Crippen molar-refractivity contribution in [1.29, 1.82) is 0 Å². The third-order valence-electron chi connectivity index (χ3n) is 3.45. The van der Waals surface area contributed by atoms with Gasteiger partial charge in [0, 0.05) is 0 Å². The summed E-state index contributed by atoms with van der Waals surface area (Å²) in [4.78, 5) is 35.6. The van der Waals surface area contributed by atoms with Crippen LogP contribution in [0, 0.1) is 0 Å². The van der Waals surface area contributed by atoms with E-state index in [1.807, 2.05) is 0 Å². The first-order chi connectivity index (χ1) is 14.6. The Morgan fingerprint density at radius 3 is 1.19 bits per heavy atom. The summed E-state index contributed by atoms with van der Waals surface area (Å²) in [7, 11) is -8.60. The lowest BCUT2D eigenvalue weighted by molar-refractivity contribution is 0.0748. The van der Waals surface area contributed by atoms with Crippen LogP contribution < -0.4 is 18.9 Å². The zero-order chi connectivity index (χ0) is 22.7. The molecule has 2 aromatic rings. The van der Waals surface area contributed by atoms with Crippen LogP contribution in [0.4, 0.5) is 0 Å². The second-order valence-electron chi connectivity index (χ2n) is 6.08. The van der Waals surface area contributed by atoms with Gasteiger partial charge in [0.05, 0.1) is 13.2 Å². The van der Waals surface area contributed by atoms with Crippen LogP contribution in [0.15, 0.2) is 48.5 Å². The molecule has 31 heavy (non-hydrogen) atoms. The van der Waals surface area contributed by atoms with Crippen LogP contribution in [0.5, 0.6) is 23.0 Å². The van der Waals surface area contributed by atoms with Crippen molar-refractivity contribution in [3.8, 4) is 23.0 Å². The van der Waals surface area contributed by atoms with Crippen LogP contribution in [0.3, 0.4) is 0 Å². The second kappa shape index (κ2) is 12.1. The molecule has 0 aliphatic carbocycles. The van der Waals surface area contributed by atoms with Crippen molar-refractivity contribution >= 4 is 15.2 Å². The van der Waals surface area contributed by atoms with E-state index in [-0.39, 0.29) is 37.9 Å². The number of ether oxygens (including phenoxy) is 5. The molecular weight excluding hydrogens is 454 g/mol. The van der Waals surface area contributed by atoms with Gasteiger partial charge in [0.15, 0.2) is 35.7 Å². The van der Waals surface area contributed by atoms with Crippen molar-refractivity contribution in [1.82, 2.24) is 0 Å². The molecule has 0 fully saturated rings. The molecule has 0 aromatic heterocycles. The third-order valence-corrected chi connectivity index (χ3v) is 4.38. The van der Waals surface area contributed by atoms with Crippen molar-refractivity contribution in [2.24, 2.45) is 0 Å². The smallest absolute Gasteiger partial charge is 0.362 e. The second-order valence-corrected chi connectivity index (χ2v) is 9.25. The average molecular weight is 478 g/mol. The summed E-state index contributed by atoms with van der Waals surface area (Å²) in [6.45, 7) is 0.760. The first kappa shape index (κ1) is 25.2. The Labute approximate surface area is 178 Å². The normalized spacial score (nSPS) is 11.7. The summed E-state index contributed by atoms with van der Waals surface area (Å²) in [6, 6.07) is 13.0. The summed E-state index contributed by atoms with van der Waals surface area (Å²) < 4.78 is 48.5. The Kier molecular flexibility index (Phi) is 9.80. The molecule has 0 unspecified atom stereocenters. The molecule has 0 radical (unpaired) electrons. The number of hydrogen-bond acceptors (Lipinski definition) is 7. The largest absolute Gasteiger partial charge is 0.487 e. The summed E-state index contributed by atoms with van der Waals surface area (Å²) in [5.41, 5.74) is 0. The van der Waals surface area contributed by atoms with E-state index in [0.29, 0.717) is 11.5 Å². The Hall–Kier alpha value is -2.10. The Morgan fingerprint density at radius 2 is 0.871 bits per heavy atom. The van der Waals surface area contributed by atoms with Crippen molar-refractivity contribution in [2.75, 3.05) is 39.1 Å². The van der Waals surface area contributed by atoms with Crippen LogP contribution in [0.2, 0.25) is 0 Å². The first-order valence-electron chi connectivity index (χ1n) is 9.00. The van der Waals surface area contributed by atoms with Gasteiger partial charge in [-0.05, 0) is 24.3 Å². The highest BCUT2D eigenvalue weighted by Crippen LogP contribution is 2.37. The minimum atomic E-state index is -4.30. The van der Waals surface area contributed by atoms with Gasteiger partial charge < -0.3 is 43.3 Å². The van der Waals surface area contributed by atoms with Crippen LogP contribution >= 0.6 is 15.2 Å². The lowest BCUT2D eigenvalue weighted by Gasteiger charge is -2.14. The van der Waals surface area contributed by atoms with Gasteiger partial charge in [-0.1, -0.05) is 24.3 Å². The highest BCUT2D eigenvalue weighted by Gasteiger charge is 2.16. The molecule has 0 spiro atoms. The number of rotatable bonds is 14. The van der Waals surface area contributed by atoms with Crippen LogP contribution in [0.1, 0.15) is 0 Å². The van der Waals surface area contributed by atoms with E-state index in [2.05, 4.69) is 0 Å². The number of para-hydroxylation sites is 4. The minimum absolute atomic E-state index is 0.165. The highest BCUT2D eigenvalue weighted by molar-refractivity contribution is 7.51. The Morgan fingerprint density at radius 1 is 0.548 bits per heavy atom. The molecule has 0 saturated heterocycles. The molecule has 0 amide bonds. The van der Waals surface area contributed by atoms with Gasteiger partial charge in [-0.2, -0.15) is 0 Å². The summed E-state index contributed by atoms with van der Waals surface area (Å²) in [5.74, 6) is 1.07. The van der Waals surface area contributed by atoms with Gasteiger partial charge in [-0.15, -0.1) is 0 Å². The quantitative estimate of drug-likeness (QED) is 0.233. The number of benzene rings is 2. The van der Waals surface area contributed by atoms with E-state index in [1.54, 1.807) is 36.4 Å². The molecule has 4 N–H and O–H groups in total. The Balaban J connectivity index is 1.69. The maximum Gasteiger partial charge on any atom is 0.362 e. The molecule has 2 aromatic carbocycles. The fourth-order valence-electron chi connectivity index (χ4n) is 2.21. The predicted molar refractivity (Wildman–Crippen MR) is 110 cm³/mol. The fraction of sp³-hybridized carbons (Fsp3) is 0.333. The zero-order valence-electron chi connectivity index (χ0n) is 16.4. The van der Waals surface area contributed by atoms with Gasteiger partial charge in [0.2, 0.25) is 0 Å². The van der Waals surface area contributed by atoms with Crippen molar-refractivity contribution in [3.63, 3.8) is 0 Å². The lowest BCUT2D eigenvalue weighted by Crippen LogP contribution is -2.13. The third kappa shape index (κ3) is 10.7. The molecule has 0 saturated carbocycles. The first-order valence-corrected chi connectivity index (χ1v) is 12.6. The maximum atomic E-state index is 10.9. The predicted octanol–water partition coefficient (Wildman–Crippen LogP) is 2.19. The van der Waals surface area contributed by atoms with Crippen LogP contribution in [0.25, 0.3) is 0 Å². The average Bonchev–Trinajstić information content (AvgIpc) is 2.70. The molecule has 0 heterocycles. The molecule has 2 rings (SSSR count). The van der Waals surface area contributed by atoms with E-state index in [0.717, 1.165) is 0 Å². The monoisotopic (exact) mass is 478 g/mol.